The number of halogens is 5. The van der Waals surface area contributed by atoms with Crippen LogP contribution in [0.1, 0.15) is 16.0 Å². The minimum absolute atomic E-state index is 0.133. The molecular formula is C14H9BrCl3F. The summed E-state index contributed by atoms with van der Waals surface area (Å²) in [5.41, 5.74) is 1.32. The lowest BCUT2D eigenvalue weighted by Crippen LogP contribution is -2.00. The Balaban J connectivity index is 2.28. The first-order chi connectivity index (χ1) is 8.99. The maximum Gasteiger partial charge on any atom is 0.127 e. The van der Waals surface area contributed by atoms with Gasteiger partial charge in [0.1, 0.15) is 5.82 Å². The standard InChI is InChI=1S/C14H9BrCl3F/c15-11(9-5-4-8(16)6-13(9)18)7-10-12(17)2-1-3-14(10)19/h1-6,11H,7H2. The zero-order valence-corrected chi connectivity index (χ0v) is 13.5. The molecule has 0 amide bonds. The molecule has 0 saturated heterocycles. The van der Waals surface area contributed by atoms with Crippen LogP contribution in [0.4, 0.5) is 4.39 Å². The minimum Gasteiger partial charge on any atom is -0.207 e. The van der Waals surface area contributed by atoms with Crippen molar-refractivity contribution in [3.8, 4) is 0 Å². The fourth-order valence-corrected chi connectivity index (χ4v) is 3.41. The molecule has 1 atom stereocenters. The fourth-order valence-electron chi connectivity index (χ4n) is 1.77. The molecule has 0 N–H and O–H groups in total. The van der Waals surface area contributed by atoms with Gasteiger partial charge < -0.3 is 0 Å². The quantitative estimate of drug-likeness (QED) is 0.534. The van der Waals surface area contributed by atoms with Gasteiger partial charge in [-0.05, 0) is 36.2 Å². The van der Waals surface area contributed by atoms with Crippen LogP contribution in [-0.4, -0.2) is 0 Å². The van der Waals surface area contributed by atoms with Gasteiger partial charge in [0, 0.05) is 25.5 Å². The van der Waals surface area contributed by atoms with Crippen molar-refractivity contribution in [1.29, 1.82) is 0 Å². The molecule has 19 heavy (non-hydrogen) atoms. The number of benzene rings is 2. The minimum atomic E-state index is -0.318. The van der Waals surface area contributed by atoms with Crippen LogP contribution in [0.5, 0.6) is 0 Å². The van der Waals surface area contributed by atoms with Crippen molar-refractivity contribution < 1.29 is 4.39 Å². The van der Waals surface area contributed by atoms with Gasteiger partial charge in [-0.3, -0.25) is 0 Å². The third kappa shape index (κ3) is 3.63. The van der Waals surface area contributed by atoms with Crippen LogP contribution in [0, 0.1) is 5.82 Å². The van der Waals surface area contributed by atoms with E-state index in [-0.39, 0.29) is 10.6 Å². The van der Waals surface area contributed by atoms with E-state index in [0.29, 0.717) is 27.1 Å². The molecule has 5 heteroatoms. The Hall–Kier alpha value is -0.280. The Labute approximate surface area is 134 Å². The first-order valence-corrected chi connectivity index (χ1v) is 7.56. The smallest absolute Gasteiger partial charge is 0.127 e. The second-order valence-corrected chi connectivity index (χ2v) is 6.39. The van der Waals surface area contributed by atoms with Crippen molar-refractivity contribution in [2.45, 2.75) is 11.2 Å². The number of rotatable bonds is 3. The predicted molar refractivity (Wildman–Crippen MR) is 83.2 cm³/mol. The van der Waals surface area contributed by atoms with Crippen LogP contribution in [-0.2, 0) is 6.42 Å². The van der Waals surface area contributed by atoms with Gasteiger partial charge in [-0.25, -0.2) is 4.39 Å². The zero-order valence-electron chi connectivity index (χ0n) is 9.64. The average Bonchev–Trinajstić information content (AvgIpc) is 2.33. The van der Waals surface area contributed by atoms with Crippen molar-refractivity contribution in [2.24, 2.45) is 0 Å². The Morgan fingerprint density at radius 1 is 1.05 bits per heavy atom. The van der Waals surface area contributed by atoms with Crippen molar-refractivity contribution in [1.82, 2.24) is 0 Å². The largest absolute Gasteiger partial charge is 0.207 e. The van der Waals surface area contributed by atoms with E-state index in [1.54, 1.807) is 24.3 Å². The lowest BCUT2D eigenvalue weighted by Gasteiger charge is -2.14. The first-order valence-electron chi connectivity index (χ1n) is 5.51. The number of hydrogen-bond acceptors (Lipinski definition) is 0. The molecule has 0 fully saturated rings. The molecular weight excluding hydrogens is 373 g/mol. The van der Waals surface area contributed by atoms with Gasteiger partial charge in [-0.15, -0.1) is 0 Å². The highest BCUT2D eigenvalue weighted by atomic mass is 79.9. The molecule has 0 spiro atoms. The molecule has 100 valence electrons. The summed E-state index contributed by atoms with van der Waals surface area (Å²) >= 11 is 21.5. The molecule has 2 rings (SSSR count). The van der Waals surface area contributed by atoms with Gasteiger partial charge in [-0.2, -0.15) is 0 Å². The van der Waals surface area contributed by atoms with Gasteiger partial charge >= 0.3 is 0 Å². The second kappa shape index (κ2) is 6.45. The van der Waals surface area contributed by atoms with Crippen LogP contribution >= 0.6 is 50.7 Å². The molecule has 0 aromatic heterocycles. The number of hydrogen-bond donors (Lipinski definition) is 0. The molecule has 2 aromatic rings. The van der Waals surface area contributed by atoms with Gasteiger partial charge in [0.05, 0.1) is 0 Å². The zero-order chi connectivity index (χ0) is 14.0. The topological polar surface area (TPSA) is 0 Å². The van der Waals surface area contributed by atoms with E-state index in [4.69, 9.17) is 34.8 Å². The molecule has 0 aliphatic carbocycles. The molecule has 0 saturated carbocycles. The summed E-state index contributed by atoms with van der Waals surface area (Å²) in [6.45, 7) is 0. The van der Waals surface area contributed by atoms with Crippen LogP contribution in [0.25, 0.3) is 0 Å². The molecule has 0 aliphatic rings. The summed E-state index contributed by atoms with van der Waals surface area (Å²) in [6, 6.07) is 9.88. The van der Waals surface area contributed by atoms with Crippen LogP contribution < -0.4 is 0 Å². The van der Waals surface area contributed by atoms with Gasteiger partial charge in [0.15, 0.2) is 0 Å². The van der Waals surface area contributed by atoms with Crippen LogP contribution in [0.2, 0.25) is 15.1 Å². The van der Waals surface area contributed by atoms with Crippen molar-refractivity contribution in [3.05, 3.63) is 68.4 Å². The summed E-state index contributed by atoms with van der Waals surface area (Å²) in [5.74, 6) is -0.318. The SMILES string of the molecule is Fc1cccc(Cl)c1CC(Br)c1ccc(Cl)cc1Cl. The van der Waals surface area contributed by atoms with Gasteiger partial charge in [0.2, 0.25) is 0 Å². The van der Waals surface area contributed by atoms with E-state index >= 15 is 0 Å². The molecule has 1 unspecified atom stereocenters. The number of alkyl halides is 1. The maximum atomic E-state index is 13.7. The van der Waals surface area contributed by atoms with Gasteiger partial charge in [-0.1, -0.05) is 62.9 Å². The summed E-state index contributed by atoms with van der Waals surface area (Å²) < 4.78 is 13.7. The highest BCUT2D eigenvalue weighted by Crippen LogP contribution is 2.35. The Kier molecular flexibility index (Phi) is 5.13. The maximum absolute atomic E-state index is 13.7. The first kappa shape index (κ1) is 15.1. The summed E-state index contributed by atoms with van der Waals surface area (Å²) in [4.78, 5) is -0.133. The summed E-state index contributed by atoms with van der Waals surface area (Å²) in [5, 5.41) is 1.52. The highest BCUT2D eigenvalue weighted by Gasteiger charge is 2.16. The second-order valence-electron chi connectivity index (χ2n) is 4.04. The normalized spacial score (nSPS) is 12.5. The van der Waals surface area contributed by atoms with Crippen LogP contribution in [0.15, 0.2) is 36.4 Å². The van der Waals surface area contributed by atoms with E-state index in [2.05, 4.69) is 15.9 Å². The Morgan fingerprint density at radius 2 is 1.79 bits per heavy atom. The Morgan fingerprint density at radius 3 is 2.42 bits per heavy atom. The lowest BCUT2D eigenvalue weighted by atomic mass is 10.0. The predicted octanol–water partition coefficient (Wildman–Crippen LogP) is 6.46. The third-order valence-corrected chi connectivity index (χ3v) is 4.48. The van der Waals surface area contributed by atoms with Crippen molar-refractivity contribution in [3.63, 3.8) is 0 Å². The molecule has 0 aliphatic heterocycles. The van der Waals surface area contributed by atoms with E-state index in [0.717, 1.165) is 5.56 Å². The van der Waals surface area contributed by atoms with Crippen molar-refractivity contribution >= 4 is 50.7 Å². The van der Waals surface area contributed by atoms with E-state index in [1.807, 2.05) is 6.07 Å². The van der Waals surface area contributed by atoms with Crippen molar-refractivity contribution in [2.75, 3.05) is 0 Å². The monoisotopic (exact) mass is 380 g/mol. The summed E-state index contributed by atoms with van der Waals surface area (Å²) in [7, 11) is 0. The Bertz CT molecular complexity index is 581. The fraction of sp³-hybridized carbons (Fsp3) is 0.143. The van der Waals surface area contributed by atoms with Gasteiger partial charge in [0.25, 0.3) is 0 Å². The molecule has 0 heterocycles. The van der Waals surface area contributed by atoms with E-state index < -0.39 is 0 Å². The lowest BCUT2D eigenvalue weighted by molar-refractivity contribution is 0.608. The third-order valence-electron chi connectivity index (χ3n) is 2.74. The van der Waals surface area contributed by atoms with E-state index in [1.165, 1.54) is 6.07 Å². The molecule has 2 aromatic carbocycles. The average molecular weight is 382 g/mol. The molecule has 0 nitrogen and oxygen atoms in total. The van der Waals surface area contributed by atoms with E-state index in [9.17, 15) is 4.39 Å². The summed E-state index contributed by atoms with van der Waals surface area (Å²) in [6.07, 6.45) is 0.410. The van der Waals surface area contributed by atoms with Crippen LogP contribution in [0.3, 0.4) is 0 Å². The molecule has 0 bridgehead atoms. The molecule has 0 radical (unpaired) electrons. The highest BCUT2D eigenvalue weighted by molar-refractivity contribution is 9.09.